The second kappa shape index (κ2) is 42.9. The summed E-state index contributed by atoms with van der Waals surface area (Å²) in [4.78, 5) is 55.8. The fourth-order valence-corrected chi connectivity index (χ4v) is 15.7. The number of ether oxygens (including phenoxy) is 1. The number of pyridine rings is 5. The first-order valence-electron chi connectivity index (χ1n) is 43.4. The van der Waals surface area contributed by atoms with Crippen LogP contribution in [-0.4, -0.2) is 93.9 Å². The molecule has 0 spiro atoms. The van der Waals surface area contributed by atoms with Gasteiger partial charge in [0.05, 0.1) is 40.2 Å². The molecule has 0 aliphatic carbocycles. The molecule has 0 aliphatic heterocycles. The van der Waals surface area contributed by atoms with Gasteiger partial charge in [0.2, 0.25) is 0 Å². The topological polar surface area (TPSA) is 279 Å². The van der Waals surface area contributed by atoms with Crippen LogP contribution in [0, 0.1) is 52.1 Å². The minimum absolute atomic E-state index is 0. The van der Waals surface area contributed by atoms with Crippen molar-refractivity contribution < 1.29 is 31.5 Å². The van der Waals surface area contributed by atoms with Gasteiger partial charge in [0.15, 0.2) is 24.0 Å². The number of hydrogen-bond donors (Lipinski definition) is 4. The molecule has 23 heteroatoms. The fourth-order valence-electron chi connectivity index (χ4n) is 15.7. The first-order chi connectivity index (χ1) is 64.8. The summed E-state index contributed by atoms with van der Waals surface area (Å²) in [5.41, 5.74) is 51.0. The highest BCUT2D eigenvalue weighted by Crippen LogP contribution is 2.40. The normalized spacial score (nSPS) is 11.3. The minimum atomic E-state index is -0.587. The Morgan fingerprint density at radius 2 is 0.821 bits per heavy atom. The number of aryl methyl sites for hydroxylation is 5. The number of H-pyrrole nitrogens is 1. The van der Waals surface area contributed by atoms with Crippen LogP contribution < -0.4 is 17.2 Å². The van der Waals surface area contributed by atoms with E-state index in [9.17, 15) is 18.0 Å². The summed E-state index contributed by atoms with van der Waals surface area (Å²) in [6.07, 6.45) is 18.9. The highest BCUT2D eigenvalue weighted by Gasteiger charge is 2.21. The van der Waals surface area contributed by atoms with Gasteiger partial charge in [-0.25, -0.2) is 27.9 Å². The molecule has 0 saturated carbocycles. The fraction of sp³-hybridized carbons (Fsp3) is 0.108. The highest BCUT2D eigenvalue weighted by atomic mass is 32.1. The molecule has 20 aromatic rings. The van der Waals surface area contributed by atoms with E-state index in [0.717, 1.165) is 179 Å². The molecule has 0 aliphatic rings. The van der Waals surface area contributed by atoms with E-state index in [-0.39, 0.29) is 43.6 Å². The summed E-state index contributed by atoms with van der Waals surface area (Å²) in [5, 5.41) is 6.15. The molecule has 9 heterocycles. The Balaban J connectivity index is 0.000000130. The van der Waals surface area contributed by atoms with E-state index in [1.165, 1.54) is 46.8 Å². The Morgan fingerprint density at radius 3 is 1.24 bits per heavy atom. The lowest BCUT2D eigenvalue weighted by Crippen LogP contribution is -2.31. The average molecular weight is 1790 g/mol. The number of anilines is 2. The zero-order valence-corrected chi connectivity index (χ0v) is 75.7. The third kappa shape index (κ3) is 21.7. The Bertz CT molecular complexity index is 7650. The second-order valence-electron chi connectivity index (χ2n) is 31.9. The predicted molar refractivity (Wildman–Crippen MR) is 540 cm³/mol. The van der Waals surface area contributed by atoms with E-state index in [2.05, 4.69) is 142 Å². The van der Waals surface area contributed by atoms with Crippen molar-refractivity contribution in [2.45, 2.75) is 60.9 Å². The maximum atomic E-state index is 13.8. The smallest absolute Gasteiger partial charge is 0.435 e. The molecular weight excluding hydrogens is 1700 g/mol. The molecule has 0 amide bonds. The molecule has 20 rings (SSSR count). The molecule has 0 saturated heterocycles. The number of carbonyl (C=O) groups excluding carboxylic acids is 1. The third-order valence-corrected chi connectivity index (χ3v) is 22.5. The van der Waals surface area contributed by atoms with Gasteiger partial charge in [0, 0.05) is 163 Å². The van der Waals surface area contributed by atoms with Gasteiger partial charge in [-0.1, -0.05) is 126 Å². The molecule has 666 valence electrons. The minimum Gasteiger partial charge on any atom is -0.446 e. The lowest BCUT2D eigenvalue weighted by atomic mass is 9.96. The van der Waals surface area contributed by atoms with Crippen LogP contribution in [0.4, 0.5) is 29.3 Å². The Hall–Kier alpha value is -16.4. The summed E-state index contributed by atoms with van der Waals surface area (Å²) >= 11 is 0. The van der Waals surface area contributed by atoms with Crippen LogP contribution in [0.15, 0.2) is 354 Å². The van der Waals surface area contributed by atoms with Crippen LogP contribution in [-0.2, 0) is 11.2 Å². The van der Waals surface area contributed by atoms with Gasteiger partial charge in [-0.15, -0.1) is 0 Å². The van der Waals surface area contributed by atoms with Crippen LogP contribution >= 0.6 is 13.5 Å². The largest absolute Gasteiger partial charge is 0.446 e. The van der Waals surface area contributed by atoms with Crippen molar-refractivity contribution in [2.24, 2.45) is 15.7 Å². The molecule has 1 atom stereocenters. The monoisotopic (exact) mass is 1790 g/mol. The maximum Gasteiger partial charge on any atom is 0.435 e. The van der Waals surface area contributed by atoms with Crippen LogP contribution in [0.1, 0.15) is 58.4 Å². The summed E-state index contributed by atoms with van der Waals surface area (Å²) < 4.78 is 58.5. The number of nitrogens with zero attached hydrogens (tertiary/aromatic N) is 11. The number of oxazole rings is 2. The molecule has 0 fully saturated rings. The first-order valence-corrected chi connectivity index (χ1v) is 43.4. The summed E-state index contributed by atoms with van der Waals surface area (Å²) in [6.45, 7) is 14.9. The second-order valence-corrected chi connectivity index (χ2v) is 31.9. The number of para-hydroxylation sites is 1. The number of nitrogens with two attached hydrogens (primary N) is 3. The van der Waals surface area contributed by atoms with Crippen molar-refractivity contribution in [3.05, 3.63) is 397 Å². The molecule has 134 heavy (non-hydrogen) atoms. The number of fused-ring (bicyclic) bond motifs is 4. The number of aromatic nitrogens is 10. The number of rotatable bonds is 18. The summed E-state index contributed by atoms with van der Waals surface area (Å²) in [7, 11) is 0. The van der Waals surface area contributed by atoms with Gasteiger partial charge in [-0.3, -0.25) is 34.9 Å². The highest BCUT2D eigenvalue weighted by molar-refractivity contribution is 7.59. The number of halogens is 3. The predicted octanol–water partition coefficient (Wildman–Crippen LogP) is 25.9. The number of aliphatic imine (C=N–C) groups is 2. The third-order valence-electron chi connectivity index (χ3n) is 22.5. The number of carbonyl (C=O) groups is 1. The van der Waals surface area contributed by atoms with E-state index >= 15 is 0 Å². The van der Waals surface area contributed by atoms with Crippen LogP contribution in [0.2, 0.25) is 0 Å². The van der Waals surface area contributed by atoms with Gasteiger partial charge >= 0.3 is 6.09 Å². The van der Waals surface area contributed by atoms with Crippen molar-refractivity contribution in [3.8, 4) is 112 Å². The Morgan fingerprint density at radius 1 is 0.433 bits per heavy atom. The molecular formula is C111H96F3N15O4S. The molecule has 7 N–H and O–H groups in total. The Kier molecular flexibility index (Phi) is 29.6. The van der Waals surface area contributed by atoms with E-state index in [1.54, 1.807) is 76.0 Å². The van der Waals surface area contributed by atoms with Crippen LogP contribution in [0.5, 0.6) is 0 Å². The van der Waals surface area contributed by atoms with Crippen molar-refractivity contribution in [1.29, 1.82) is 0 Å². The molecule has 0 unspecified atom stereocenters. The average Bonchev–Trinajstić information content (AvgIpc) is 1.72. The quantitative estimate of drug-likeness (QED) is 0.0459. The van der Waals surface area contributed by atoms with E-state index in [1.807, 2.05) is 202 Å². The first kappa shape index (κ1) is 92.3. The molecule has 19 nitrogen and oxygen atoms in total. The van der Waals surface area contributed by atoms with E-state index in [0.29, 0.717) is 40.9 Å². The van der Waals surface area contributed by atoms with Crippen molar-refractivity contribution in [2.75, 3.05) is 31.2 Å². The standard InChI is InChI=1S/C31H26FN5O2.C21H20FN3.C21H21N3.C19H13FN2O.C19H14N2O.H2S/c1-19-13-21(8-10-27(19)32)30-26(6-4-12-34-30)20-9-11-29-23(14-20)17-36-37(29)31(38)39-18-24(33)15-22-16-35-28-7-3-2-5-25(22)28;1-3-24-13-17-12-15(7-9-20(17)23)18-5-4-10-25-21(18)16-6-8-19(22)14(2)11-16;1-3-23-14-18-13-16(9-10-20(18)22)19-8-5-11-24-21(19)17-7-4-6-15(2)12-17;1-12-9-14(4-6-16(12)20)19-15(3-2-8-21-19)13-5-7-17-18(10-13)23-11-22-17;1-13-4-2-5-15(10-13)19-16(6-3-9-20-19)14-7-8-17-18(11-14)22-12-21-17;/h2-14,16-17,24,35H,15,18,33H2,1H3;4-13H,3,23H2,1-2H3;4-14H,3,22H2,1-2H3;2-11H,1H3;2-12H,1H3;1H2/t24-;;;;;/m0...../s1. The number of nitrogen functional groups attached to an aromatic ring is 2. The van der Waals surface area contributed by atoms with Crippen molar-refractivity contribution in [1.82, 2.24) is 49.7 Å². The lowest BCUT2D eigenvalue weighted by molar-refractivity contribution is 0.138. The molecule has 9 aromatic heterocycles. The summed E-state index contributed by atoms with van der Waals surface area (Å²) in [5.74, 6) is -0.683. The maximum absolute atomic E-state index is 13.8. The number of nitrogens with one attached hydrogen (secondary N) is 1. The van der Waals surface area contributed by atoms with Gasteiger partial charge in [-0.2, -0.15) is 23.3 Å². The molecule has 11 aromatic carbocycles. The zero-order chi connectivity index (χ0) is 92.4. The molecule has 0 bridgehead atoms. The van der Waals surface area contributed by atoms with Gasteiger partial charge in [0.25, 0.3) is 0 Å². The van der Waals surface area contributed by atoms with Crippen molar-refractivity contribution >= 4 is 87.4 Å². The van der Waals surface area contributed by atoms with Crippen LogP contribution in [0.3, 0.4) is 0 Å². The number of aromatic amines is 1. The van der Waals surface area contributed by atoms with Crippen molar-refractivity contribution in [3.63, 3.8) is 0 Å². The molecule has 0 radical (unpaired) electrons. The van der Waals surface area contributed by atoms with Gasteiger partial charge in [-0.05, 0) is 269 Å². The number of benzene rings is 11. The zero-order valence-electron chi connectivity index (χ0n) is 74.7. The lowest BCUT2D eigenvalue weighted by Gasteiger charge is -2.12. The summed E-state index contributed by atoms with van der Waals surface area (Å²) in [6, 6.07) is 88.7. The van der Waals surface area contributed by atoms with Gasteiger partial charge < -0.3 is 35.8 Å². The number of hydrogen-bond acceptors (Lipinski definition) is 17. The SMILES string of the molecule is CCN=Cc1cc(-c2cccnc2-c2ccc(F)c(C)c2)ccc1N.CCN=Cc1cc(-c2cccnc2-c2cccc(C)c2)ccc1N.Cc1cc(-c2ncccc2-c2ccc3c(cnn3C(=O)OC[C@@H](N)Cc3c[nH]c4ccccc34)c2)ccc1F.Cc1cc(-c2ncccc2-c2ccc3ncoc3c2)ccc1F.Cc1cccc(-c2ncccc2-c2ccc3ncoc3c2)c1.S. The van der Waals surface area contributed by atoms with E-state index < -0.39 is 6.09 Å². The van der Waals surface area contributed by atoms with Crippen LogP contribution in [0.25, 0.3) is 156 Å². The van der Waals surface area contributed by atoms with E-state index in [4.69, 9.17) is 30.8 Å². The Labute approximate surface area is 780 Å². The van der Waals surface area contributed by atoms with Gasteiger partial charge in [0.1, 0.15) is 35.1 Å².